The topological polar surface area (TPSA) is 55.1 Å². The fourth-order valence-corrected chi connectivity index (χ4v) is 2.75. The molecule has 0 aliphatic heterocycles. The number of halogens is 2. The van der Waals surface area contributed by atoms with Gasteiger partial charge in [-0.05, 0) is 46.3 Å². The molecule has 6 heteroatoms. The summed E-state index contributed by atoms with van der Waals surface area (Å²) in [6.45, 7) is 0. The van der Waals surface area contributed by atoms with E-state index < -0.39 is 5.97 Å². The van der Waals surface area contributed by atoms with Gasteiger partial charge in [0.05, 0.1) is 11.4 Å². The third kappa shape index (κ3) is 3.66. The molecular weight excluding hydrogens is 436 g/mol. The lowest BCUT2D eigenvalue weighted by Gasteiger charge is -2.01. The zero-order valence-corrected chi connectivity index (χ0v) is 15.5. The Morgan fingerprint density at radius 1 is 1.08 bits per heavy atom. The Morgan fingerprint density at radius 2 is 1.75 bits per heavy atom. The number of benzene rings is 2. The summed E-state index contributed by atoms with van der Waals surface area (Å²) in [6, 6.07) is 17.4. The largest absolute Gasteiger partial charge is 0.477 e. The fraction of sp³-hybridized carbons (Fsp3) is 0. The number of hydrogen-bond acceptors (Lipinski definition) is 2. The van der Waals surface area contributed by atoms with Gasteiger partial charge in [-0.2, -0.15) is 5.10 Å². The van der Waals surface area contributed by atoms with Crippen LogP contribution in [0.25, 0.3) is 23.0 Å². The van der Waals surface area contributed by atoms with Gasteiger partial charge < -0.3 is 5.11 Å². The van der Waals surface area contributed by atoms with Crippen LogP contribution >= 0.6 is 31.9 Å². The minimum Gasteiger partial charge on any atom is -0.477 e. The smallest absolute Gasteiger partial charge is 0.342 e. The number of nitrogens with zero attached hydrogens (tertiary/aromatic N) is 2. The van der Waals surface area contributed by atoms with Crippen molar-refractivity contribution in [3.8, 4) is 16.9 Å². The van der Waals surface area contributed by atoms with E-state index >= 15 is 0 Å². The fourth-order valence-electron chi connectivity index (χ4n) is 2.24. The van der Waals surface area contributed by atoms with Crippen molar-refractivity contribution < 1.29 is 9.90 Å². The number of rotatable bonds is 4. The van der Waals surface area contributed by atoms with E-state index in [4.69, 9.17) is 5.11 Å². The lowest BCUT2D eigenvalue weighted by Crippen LogP contribution is -1.93. The van der Waals surface area contributed by atoms with Crippen molar-refractivity contribution in [2.24, 2.45) is 0 Å². The molecule has 0 saturated carbocycles. The van der Waals surface area contributed by atoms with Gasteiger partial charge in [0.15, 0.2) is 0 Å². The summed E-state index contributed by atoms with van der Waals surface area (Å²) in [5.74, 6) is -1.02. The Kier molecular flexibility index (Phi) is 4.97. The molecule has 0 spiro atoms. The van der Waals surface area contributed by atoms with Crippen molar-refractivity contribution in [3.05, 3.63) is 75.3 Å². The highest BCUT2D eigenvalue weighted by Crippen LogP contribution is 2.27. The van der Waals surface area contributed by atoms with Gasteiger partial charge in [0.25, 0.3) is 0 Å². The molecule has 3 rings (SSSR count). The quantitative estimate of drug-likeness (QED) is 0.564. The predicted molar refractivity (Wildman–Crippen MR) is 101 cm³/mol. The van der Waals surface area contributed by atoms with Crippen molar-refractivity contribution in [3.63, 3.8) is 0 Å². The molecule has 1 aromatic heterocycles. The molecule has 0 saturated heterocycles. The highest BCUT2D eigenvalue weighted by Gasteiger charge is 2.13. The Morgan fingerprint density at radius 3 is 2.38 bits per heavy atom. The summed E-state index contributed by atoms with van der Waals surface area (Å²) in [6.07, 6.45) is 3.38. The van der Waals surface area contributed by atoms with Gasteiger partial charge in [0, 0.05) is 21.8 Å². The first kappa shape index (κ1) is 16.7. The molecule has 0 fully saturated rings. The summed E-state index contributed by atoms with van der Waals surface area (Å²) < 4.78 is 2.79. The Hall–Kier alpha value is -2.18. The minimum absolute atomic E-state index is 0.0773. The zero-order chi connectivity index (χ0) is 17.1. The molecule has 3 aromatic rings. The van der Waals surface area contributed by atoms with Crippen molar-refractivity contribution >= 4 is 43.9 Å². The standard InChI is InChI=1S/C18H12Br2N2O2/c19-14-8-6-12(7-9-14)17-13(10-16(20)18(23)24)11-22(21-17)15-4-2-1-3-5-15/h1-11H,(H,23,24). The molecule has 0 amide bonds. The van der Waals surface area contributed by atoms with E-state index in [1.165, 1.54) is 0 Å². The van der Waals surface area contributed by atoms with E-state index in [1.807, 2.05) is 60.8 Å². The first-order chi connectivity index (χ1) is 11.5. The molecule has 0 aliphatic carbocycles. The number of carboxylic acid groups (broad SMARTS) is 1. The van der Waals surface area contributed by atoms with Crippen LogP contribution in [0.3, 0.4) is 0 Å². The van der Waals surface area contributed by atoms with Gasteiger partial charge in [-0.3, -0.25) is 0 Å². The normalized spacial score (nSPS) is 11.5. The second kappa shape index (κ2) is 7.15. The molecule has 4 nitrogen and oxygen atoms in total. The van der Waals surface area contributed by atoms with Gasteiger partial charge in [-0.1, -0.05) is 46.3 Å². The lowest BCUT2D eigenvalue weighted by atomic mass is 10.1. The van der Waals surface area contributed by atoms with Crippen molar-refractivity contribution in [2.75, 3.05) is 0 Å². The highest BCUT2D eigenvalue weighted by molar-refractivity contribution is 9.12. The van der Waals surface area contributed by atoms with Crippen molar-refractivity contribution in [1.29, 1.82) is 0 Å². The zero-order valence-electron chi connectivity index (χ0n) is 12.4. The number of carbonyl (C=O) groups is 1. The van der Waals surface area contributed by atoms with E-state index in [2.05, 4.69) is 37.0 Å². The van der Waals surface area contributed by atoms with Crippen molar-refractivity contribution in [1.82, 2.24) is 9.78 Å². The predicted octanol–water partition coefficient (Wildman–Crippen LogP) is 5.12. The highest BCUT2D eigenvalue weighted by atomic mass is 79.9. The number of para-hydroxylation sites is 1. The SMILES string of the molecule is O=C(O)C(Br)=Cc1cn(-c2ccccc2)nc1-c1ccc(Br)cc1. The molecule has 0 atom stereocenters. The lowest BCUT2D eigenvalue weighted by molar-refractivity contribution is -0.131. The summed E-state index contributed by atoms with van der Waals surface area (Å²) in [5, 5.41) is 13.8. The maximum Gasteiger partial charge on any atom is 0.342 e. The summed E-state index contributed by atoms with van der Waals surface area (Å²) in [4.78, 5) is 11.1. The number of aliphatic carboxylic acids is 1. The van der Waals surface area contributed by atoms with E-state index in [0.29, 0.717) is 5.69 Å². The van der Waals surface area contributed by atoms with Crippen LogP contribution < -0.4 is 0 Å². The molecule has 24 heavy (non-hydrogen) atoms. The number of carboxylic acids is 1. The van der Waals surface area contributed by atoms with Crippen molar-refractivity contribution in [2.45, 2.75) is 0 Å². The second-order valence-corrected chi connectivity index (χ2v) is 6.79. The van der Waals surface area contributed by atoms with Crippen LogP contribution in [-0.2, 0) is 4.79 Å². The van der Waals surface area contributed by atoms with E-state index in [0.717, 1.165) is 21.3 Å². The molecular formula is C18H12Br2N2O2. The summed E-state index contributed by atoms with van der Waals surface area (Å²) in [5.41, 5.74) is 3.24. The molecule has 0 unspecified atom stereocenters. The van der Waals surface area contributed by atoms with Crippen LogP contribution in [0.5, 0.6) is 0 Å². The molecule has 120 valence electrons. The van der Waals surface area contributed by atoms with Crippen LogP contribution in [0.15, 0.2) is 69.7 Å². The summed E-state index contributed by atoms with van der Waals surface area (Å²) >= 11 is 6.49. The van der Waals surface area contributed by atoms with Gasteiger partial charge in [-0.25, -0.2) is 9.48 Å². The third-order valence-electron chi connectivity index (χ3n) is 3.37. The summed E-state index contributed by atoms with van der Waals surface area (Å²) in [7, 11) is 0. The van der Waals surface area contributed by atoms with E-state index in [9.17, 15) is 4.79 Å². The van der Waals surface area contributed by atoms with E-state index in [-0.39, 0.29) is 4.48 Å². The molecule has 0 radical (unpaired) electrons. The maximum atomic E-state index is 11.1. The van der Waals surface area contributed by atoms with Crippen LogP contribution in [0.4, 0.5) is 0 Å². The number of aromatic nitrogens is 2. The minimum atomic E-state index is -1.02. The first-order valence-corrected chi connectivity index (χ1v) is 8.65. The average Bonchev–Trinajstić information content (AvgIpc) is 3.00. The van der Waals surface area contributed by atoms with E-state index in [1.54, 1.807) is 10.8 Å². The van der Waals surface area contributed by atoms with Gasteiger partial charge >= 0.3 is 5.97 Å². The van der Waals surface area contributed by atoms with Crippen LogP contribution in [0.1, 0.15) is 5.56 Å². The molecule has 0 aliphatic rings. The third-order valence-corrected chi connectivity index (χ3v) is 4.46. The Labute approximate surface area is 155 Å². The Bertz CT molecular complexity index is 901. The van der Waals surface area contributed by atoms with Crippen LogP contribution in [-0.4, -0.2) is 20.9 Å². The average molecular weight is 448 g/mol. The Balaban J connectivity index is 2.15. The second-order valence-electron chi connectivity index (χ2n) is 5.02. The van der Waals surface area contributed by atoms with Gasteiger partial charge in [0.2, 0.25) is 0 Å². The van der Waals surface area contributed by atoms with Gasteiger partial charge in [-0.15, -0.1) is 0 Å². The molecule has 1 heterocycles. The molecule has 0 bridgehead atoms. The molecule has 2 aromatic carbocycles. The molecule has 1 N–H and O–H groups in total. The van der Waals surface area contributed by atoms with Crippen LogP contribution in [0.2, 0.25) is 0 Å². The monoisotopic (exact) mass is 446 g/mol. The van der Waals surface area contributed by atoms with Crippen LogP contribution in [0, 0.1) is 0 Å². The number of hydrogen-bond donors (Lipinski definition) is 1. The first-order valence-electron chi connectivity index (χ1n) is 7.06. The van der Waals surface area contributed by atoms with Gasteiger partial charge in [0.1, 0.15) is 4.48 Å². The maximum absolute atomic E-state index is 11.1.